The second-order valence-electron chi connectivity index (χ2n) is 10.2. The molecule has 4 aromatic heterocycles. The maximum absolute atomic E-state index is 4.87. The number of benzene rings is 4. The van der Waals surface area contributed by atoms with Crippen LogP contribution in [0, 0.1) is 0 Å². The van der Waals surface area contributed by atoms with Gasteiger partial charge >= 0.3 is 0 Å². The largest absolute Gasteiger partial charge is 0.309 e. The van der Waals surface area contributed by atoms with Gasteiger partial charge in [0.25, 0.3) is 0 Å². The molecule has 0 saturated carbocycles. The molecule has 0 radical (unpaired) electrons. The lowest BCUT2D eigenvalue weighted by Crippen LogP contribution is -2.26. The van der Waals surface area contributed by atoms with Gasteiger partial charge in [-0.1, -0.05) is 92.0 Å². The van der Waals surface area contributed by atoms with Crippen LogP contribution < -0.4 is 10.4 Å². The van der Waals surface area contributed by atoms with Crippen LogP contribution in [0.15, 0.2) is 128 Å². The molecule has 0 unspecified atom stereocenters. The molecule has 4 aromatic carbocycles. The van der Waals surface area contributed by atoms with Crippen LogP contribution in [0.1, 0.15) is 0 Å². The topological polar surface area (TPSA) is 22.2 Å². The van der Waals surface area contributed by atoms with Crippen molar-refractivity contribution in [1.29, 1.82) is 0 Å². The van der Waals surface area contributed by atoms with Gasteiger partial charge in [-0.15, -0.1) is 0 Å². The summed E-state index contributed by atoms with van der Waals surface area (Å²) in [4.78, 5) is 4.87. The molecule has 0 N–H and O–H groups in total. The second kappa shape index (κ2) is 8.55. The van der Waals surface area contributed by atoms with Crippen molar-refractivity contribution in [2.75, 3.05) is 0 Å². The molecular weight excluding hydrogens is 486 g/mol. The Morgan fingerprint density at radius 1 is 0.600 bits per heavy atom. The third kappa shape index (κ3) is 3.15. The Kier molecular flexibility index (Phi) is 4.82. The Balaban J connectivity index is 1.56. The Labute approximate surface area is 230 Å². The lowest BCUT2D eigenvalue weighted by atomic mass is 10.1. The molecule has 0 spiro atoms. The normalized spacial score (nSPS) is 12.3. The standard InChI is InChI=1S/C37H25N3/c1-3-11-28-24(2)34-20-27-14-7-9-16-32(27)39(34)35-23-31-29-15-8-10-17-33(29)40(36(31)22-30(28)35)37-21-26(18-19-38-37)25-12-5-4-6-13-25/h3-23H,1-2H2/b28-11+. The highest BCUT2D eigenvalue weighted by Gasteiger charge is 2.17. The first-order valence-electron chi connectivity index (χ1n) is 13.5. The molecule has 0 aliphatic rings. The minimum absolute atomic E-state index is 0.892. The summed E-state index contributed by atoms with van der Waals surface area (Å²) in [7, 11) is 0. The van der Waals surface area contributed by atoms with Gasteiger partial charge in [-0.05, 0) is 64.0 Å². The molecule has 8 rings (SSSR count). The smallest absolute Gasteiger partial charge is 0.138 e. The van der Waals surface area contributed by atoms with E-state index in [0.717, 1.165) is 49.3 Å². The zero-order valence-corrected chi connectivity index (χ0v) is 21.9. The van der Waals surface area contributed by atoms with Gasteiger partial charge in [-0.25, -0.2) is 4.98 Å². The lowest BCUT2D eigenvalue weighted by molar-refractivity contribution is 1.08. The Morgan fingerprint density at radius 2 is 1.35 bits per heavy atom. The summed E-state index contributed by atoms with van der Waals surface area (Å²) in [5, 5.41) is 6.81. The average molecular weight is 512 g/mol. The van der Waals surface area contributed by atoms with Crippen LogP contribution in [-0.4, -0.2) is 14.0 Å². The van der Waals surface area contributed by atoms with Crippen molar-refractivity contribution < 1.29 is 0 Å². The molecule has 40 heavy (non-hydrogen) atoms. The van der Waals surface area contributed by atoms with Gasteiger partial charge in [0.1, 0.15) is 5.82 Å². The highest BCUT2D eigenvalue weighted by Crippen LogP contribution is 2.35. The summed E-state index contributed by atoms with van der Waals surface area (Å²) in [6.07, 6.45) is 5.84. The number of fused-ring (bicyclic) bond motifs is 8. The van der Waals surface area contributed by atoms with Crippen LogP contribution in [0.2, 0.25) is 0 Å². The molecule has 0 fully saturated rings. The number of rotatable bonds is 3. The first-order valence-corrected chi connectivity index (χ1v) is 13.5. The summed E-state index contributed by atoms with van der Waals surface area (Å²) in [6, 6.07) is 38.7. The number of nitrogens with zero attached hydrogens (tertiary/aromatic N) is 3. The van der Waals surface area contributed by atoms with Gasteiger partial charge in [0.05, 0.1) is 27.6 Å². The van der Waals surface area contributed by atoms with Crippen molar-refractivity contribution in [3.63, 3.8) is 0 Å². The average Bonchev–Trinajstić information content (AvgIpc) is 3.55. The number of pyridine rings is 2. The van der Waals surface area contributed by atoms with E-state index in [2.05, 4.69) is 131 Å². The van der Waals surface area contributed by atoms with Crippen LogP contribution in [0.5, 0.6) is 0 Å². The first-order chi connectivity index (χ1) is 19.7. The highest BCUT2D eigenvalue weighted by molar-refractivity contribution is 6.14. The Bertz CT molecular complexity index is 2410. The fraction of sp³-hybridized carbons (Fsp3) is 0. The summed E-state index contributed by atoms with van der Waals surface area (Å²) in [5.74, 6) is 0.892. The summed E-state index contributed by atoms with van der Waals surface area (Å²) in [5.41, 5.74) is 7.99. The maximum Gasteiger partial charge on any atom is 0.138 e. The fourth-order valence-corrected chi connectivity index (χ4v) is 6.25. The Hall–Kier alpha value is -5.41. The van der Waals surface area contributed by atoms with Gasteiger partial charge < -0.3 is 4.40 Å². The van der Waals surface area contributed by atoms with Crippen molar-refractivity contribution >= 4 is 61.8 Å². The van der Waals surface area contributed by atoms with Crippen molar-refractivity contribution in [3.8, 4) is 16.9 Å². The first kappa shape index (κ1) is 22.6. The third-order valence-corrected chi connectivity index (χ3v) is 8.03. The number of allylic oxidation sites excluding steroid dienone is 1. The molecule has 0 bridgehead atoms. The van der Waals surface area contributed by atoms with E-state index in [0.29, 0.717) is 0 Å². The minimum atomic E-state index is 0.892. The zero-order valence-electron chi connectivity index (χ0n) is 21.9. The van der Waals surface area contributed by atoms with Gasteiger partial charge in [-0.2, -0.15) is 0 Å². The van der Waals surface area contributed by atoms with Crippen molar-refractivity contribution in [3.05, 3.63) is 138 Å². The molecule has 0 aliphatic heterocycles. The van der Waals surface area contributed by atoms with Crippen LogP contribution in [0.4, 0.5) is 0 Å². The van der Waals surface area contributed by atoms with Crippen LogP contribution in [0.3, 0.4) is 0 Å². The molecule has 0 atom stereocenters. The van der Waals surface area contributed by atoms with Gasteiger partial charge in [-0.3, -0.25) is 4.57 Å². The van der Waals surface area contributed by atoms with E-state index in [1.165, 1.54) is 27.2 Å². The van der Waals surface area contributed by atoms with E-state index in [-0.39, 0.29) is 0 Å². The number of aromatic nitrogens is 3. The second-order valence-corrected chi connectivity index (χ2v) is 10.2. The van der Waals surface area contributed by atoms with Gasteiger partial charge in [0.2, 0.25) is 0 Å². The Morgan fingerprint density at radius 3 is 2.20 bits per heavy atom. The lowest BCUT2D eigenvalue weighted by Gasteiger charge is -2.11. The molecule has 0 amide bonds. The quantitative estimate of drug-likeness (QED) is 0.237. The molecule has 0 saturated heterocycles. The fourth-order valence-electron chi connectivity index (χ4n) is 6.25. The van der Waals surface area contributed by atoms with E-state index in [4.69, 9.17) is 4.98 Å². The monoisotopic (exact) mass is 511 g/mol. The van der Waals surface area contributed by atoms with Crippen LogP contribution in [0.25, 0.3) is 78.7 Å². The highest BCUT2D eigenvalue weighted by atomic mass is 15.1. The minimum Gasteiger partial charge on any atom is -0.309 e. The summed E-state index contributed by atoms with van der Waals surface area (Å²) >= 11 is 0. The van der Waals surface area contributed by atoms with Gasteiger partial charge in [0.15, 0.2) is 0 Å². The third-order valence-electron chi connectivity index (χ3n) is 8.03. The van der Waals surface area contributed by atoms with E-state index >= 15 is 0 Å². The molecule has 3 heteroatoms. The van der Waals surface area contributed by atoms with E-state index < -0.39 is 0 Å². The number of hydrogen-bond acceptors (Lipinski definition) is 1. The summed E-state index contributed by atoms with van der Waals surface area (Å²) in [6.45, 7) is 8.56. The molecular formula is C37H25N3. The van der Waals surface area contributed by atoms with E-state index in [1.54, 1.807) is 0 Å². The number of hydrogen-bond donors (Lipinski definition) is 0. The molecule has 188 valence electrons. The molecule has 4 heterocycles. The van der Waals surface area contributed by atoms with E-state index in [9.17, 15) is 0 Å². The molecule has 3 nitrogen and oxygen atoms in total. The predicted molar refractivity (Wildman–Crippen MR) is 169 cm³/mol. The van der Waals surface area contributed by atoms with Crippen molar-refractivity contribution in [2.24, 2.45) is 0 Å². The van der Waals surface area contributed by atoms with E-state index in [1.807, 2.05) is 18.3 Å². The predicted octanol–water partition coefficient (Wildman–Crippen LogP) is 7.78. The number of para-hydroxylation sites is 2. The molecule has 8 aromatic rings. The van der Waals surface area contributed by atoms with Crippen LogP contribution in [-0.2, 0) is 0 Å². The van der Waals surface area contributed by atoms with Crippen molar-refractivity contribution in [1.82, 2.24) is 14.0 Å². The van der Waals surface area contributed by atoms with Crippen molar-refractivity contribution in [2.45, 2.75) is 0 Å². The maximum atomic E-state index is 4.87. The van der Waals surface area contributed by atoms with Gasteiger partial charge in [0, 0.05) is 27.7 Å². The summed E-state index contributed by atoms with van der Waals surface area (Å²) < 4.78 is 4.64. The molecule has 0 aliphatic carbocycles. The zero-order chi connectivity index (χ0) is 26.8. The SMILES string of the molecule is C=C/C=c1\c(=C)c2cc3ccccc3n2c2cc3c4ccccc4n(-c4cc(-c5ccccc5)ccn4)c3cc12. The van der Waals surface area contributed by atoms with Crippen LogP contribution >= 0.6 is 0 Å².